The molecule has 0 aliphatic carbocycles. The molecular formula is C11H16N2O2. The van der Waals surface area contributed by atoms with Gasteiger partial charge in [-0.05, 0) is 24.6 Å². The van der Waals surface area contributed by atoms with Gasteiger partial charge in [0.15, 0.2) is 0 Å². The second-order valence-electron chi connectivity index (χ2n) is 4.07. The summed E-state index contributed by atoms with van der Waals surface area (Å²) in [5.74, 6) is 0.269. The maximum atomic E-state index is 9.62. The zero-order valence-corrected chi connectivity index (χ0v) is 8.56. The number of β-amino-alcohol motifs (C(OH)–C–C–N with tert-alkyl or cyclic N) is 1. The van der Waals surface area contributed by atoms with Crippen molar-refractivity contribution in [2.45, 2.75) is 19.1 Å². The van der Waals surface area contributed by atoms with Crippen LogP contribution in [0.2, 0.25) is 0 Å². The van der Waals surface area contributed by atoms with Gasteiger partial charge in [0.25, 0.3) is 0 Å². The number of nitrogen functional groups attached to an aromatic ring is 1. The van der Waals surface area contributed by atoms with Gasteiger partial charge in [-0.3, -0.25) is 4.90 Å². The van der Waals surface area contributed by atoms with Crippen LogP contribution in [0, 0.1) is 0 Å². The summed E-state index contributed by atoms with van der Waals surface area (Å²) in [7, 11) is 0. The fourth-order valence-electron chi connectivity index (χ4n) is 1.93. The lowest BCUT2D eigenvalue weighted by molar-refractivity contribution is 0.174. The van der Waals surface area contributed by atoms with Crippen LogP contribution < -0.4 is 5.73 Å². The van der Waals surface area contributed by atoms with Crippen molar-refractivity contribution in [3.8, 4) is 5.75 Å². The highest BCUT2D eigenvalue weighted by atomic mass is 16.3. The second-order valence-corrected chi connectivity index (χ2v) is 4.07. The molecule has 4 nitrogen and oxygen atoms in total. The van der Waals surface area contributed by atoms with Crippen LogP contribution in [0.3, 0.4) is 0 Å². The third-order valence-electron chi connectivity index (χ3n) is 2.75. The fourth-order valence-corrected chi connectivity index (χ4v) is 1.93. The number of phenolic OH excluding ortho intramolecular Hbond substituents is 1. The Morgan fingerprint density at radius 2 is 2.27 bits per heavy atom. The van der Waals surface area contributed by atoms with Crippen molar-refractivity contribution in [3.63, 3.8) is 0 Å². The molecule has 82 valence electrons. The summed E-state index contributed by atoms with van der Waals surface area (Å²) in [6.07, 6.45) is 0.580. The first-order valence-electron chi connectivity index (χ1n) is 5.13. The van der Waals surface area contributed by atoms with Gasteiger partial charge in [-0.15, -0.1) is 0 Å². The van der Waals surface area contributed by atoms with E-state index in [0.717, 1.165) is 18.5 Å². The van der Waals surface area contributed by atoms with Gasteiger partial charge in [-0.1, -0.05) is 0 Å². The van der Waals surface area contributed by atoms with Crippen LogP contribution in [-0.4, -0.2) is 34.3 Å². The topological polar surface area (TPSA) is 69.7 Å². The van der Waals surface area contributed by atoms with E-state index in [1.165, 1.54) is 0 Å². The molecule has 0 aromatic heterocycles. The standard InChI is InChI=1S/C11H16N2O2/c12-9-1-2-11(15)8(5-9)6-13-4-3-10(14)7-13/h1-2,5,10,14-15H,3-4,6-7,12H2. The van der Waals surface area contributed by atoms with Gasteiger partial charge in [0.2, 0.25) is 0 Å². The van der Waals surface area contributed by atoms with Crippen molar-refractivity contribution in [3.05, 3.63) is 23.8 Å². The van der Waals surface area contributed by atoms with Crippen molar-refractivity contribution in [2.24, 2.45) is 0 Å². The lowest BCUT2D eigenvalue weighted by Crippen LogP contribution is -2.21. The van der Waals surface area contributed by atoms with E-state index in [2.05, 4.69) is 4.90 Å². The Morgan fingerprint density at radius 1 is 1.47 bits per heavy atom. The molecule has 4 heteroatoms. The summed E-state index contributed by atoms with van der Waals surface area (Å²) in [5.41, 5.74) is 7.13. The van der Waals surface area contributed by atoms with Crippen molar-refractivity contribution in [1.82, 2.24) is 4.90 Å². The Balaban J connectivity index is 2.07. The van der Waals surface area contributed by atoms with E-state index in [1.807, 2.05) is 0 Å². The Morgan fingerprint density at radius 3 is 2.93 bits per heavy atom. The highest BCUT2D eigenvalue weighted by molar-refractivity contribution is 5.47. The van der Waals surface area contributed by atoms with E-state index in [9.17, 15) is 10.2 Å². The van der Waals surface area contributed by atoms with Gasteiger partial charge >= 0.3 is 0 Å². The quantitative estimate of drug-likeness (QED) is 0.490. The Bertz CT molecular complexity index is 354. The molecule has 1 aliphatic rings. The van der Waals surface area contributed by atoms with Crippen molar-refractivity contribution < 1.29 is 10.2 Å². The average Bonchev–Trinajstić information content (AvgIpc) is 2.58. The third kappa shape index (κ3) is 2.40. The number of anilines is 1. The van der Waals surface area contributed by atoms with E-state index < -0.39 is 0 Å². The van der Waals surface area contributed by atoms with Crippen LogP contribution in [0.25, 0.3) is 0 Å². The number of benzene rings is 1. The number of likely N-dealkylation sites (tertiary alicyclic amines) is 1. The summed E-state index contributed by atoms with van der Waals surface area (Å²) in [5, 5.41) is 19.0. The van der Waals surface area contributed by atoms with Gasteiger partial charge in [0.1, 0.15) is 5.75 Å². The second kappa shape index (κ2) is 4.08. The zero-order chi connectivity index (χ0) is 10.8. The van der Waals surface area contributed by atoms with Crippen molar-refractivity contribution >= 4 is 5.69 Å². The zero-order valence-electron chi connectivity index (χ0n) is 8.56. The molecule has 4 N–H and O–H groups in total. The summed E-state index contributed by atoms with van der Waals surface area (Å²) in [4.78, 5) is 2.11. The van der Waals surface area contributed by atoms with E-state index in [1.54, 1.807) is 18.2 Å². The van der Waals surface area contributed by atoms with Crippen molar-refractivity contribution in [2.75, 3.05) is 18.8 Å². The van der Waals surface area contributed by atoms with Crippen molar-refractivity contribution in [1.29, 1.82) is 0 Å². The Hall–Kier alpha value is -1.26. The molecule has 0 saturated carbocycles. The maximum absolute atomic E-state index is 9.62. The molecule has 1 fully saturated rings. The largest absolute Gasteiger partial charge is 0.508 e. The number of rotatable bonds is 2. The number of aromatic hydroxyl groups is 1. The summed E-state index contributed by atoms with van der Waals surface area (Å²) < 4.78 is 0. The Kier molecular flexibility index (Phi) is 2.79. The van der Waals surface area contributed by atoms with Crippen LogP contribution in [-0.2, 0) is 6.54 Å². The molecule has 1 aromatic rings. The van der Waals surface area contributed by atoms with E-state index >= 15 is 0 Å². The molecule has 1 heterocycles. The monoisotopic (exact) mass is 208 g/mol. The highest BCUT2D eigenvalue weighted by Crippen LogP contribution is 2.23. The molecule has 1 atom stereocenters. The molecule has 1 unspecified atom stereocenters. The number of nitrogens with zero attached hydrogens (tertiary/aromatic N) is 1. The van der Waals surface area contributed by atoms with Crippen LogP contribution >= 0.6 is 0 Å². The molecule has 0 bridgehead atoms. The van der Waals surface area contributed by atoms with E-state index in [0.29, 0.717) is 18.8 Å². The molecule has 0 radical (unpaired) electrons. The third-order valence-corrected chi connectivity index (χ3v) is 2.75. The average molecular weight is 208 g/mol. The SMILES string of the molecule is Nc1ccc(O)c(CN2CCC(O)C2)c1. The summed E-state index contributed by atoms with van der Waals surface area (Å²) in [6, 6.07) is 5.06. The van der Waals surface area contributed by atoms with Crippen LogP contribution in [0.5, 0.6) is 5.75 Å². The van der Waals surface area contributed by atoms with Crippen LogP contribution in [0.15, 0.2) is 18.2 Å². The smallest absolute Gasteiger partial charge is 0.120 e. The molecule has 1 aliphatic heterocycles. The van der Waals surface area contributed by atoms with Crippen LogP contribution in [0.1, 0.15) is 12.0 Å². The predicted molar refractivity (Wildman–Crippen MR) is 58.4 cm³/mol. The number of phenols is 1. The minimum Gasteiger partial charge on any atom is -0.508 e. The lowest BCUT2D eigenvalue weighted by atomic mass is 10.1. The van der Waals surface area contributed by atoms with Gasteiger partial charge in [-0.2, -0.15) is 0 Å². The number of hydrogen-bond acceptors (Lipinski definition) is 4. The van der Waals surface area contributed by atoms with Gasteiger partial charge in [-0.25, -0.2) is 0 Å². The molecule has 15 heavy (non-hydrogen) atoms. The number of aliphatic hydroxyl groups excluding tert-OH is 1. The fraction of sp³-hybridized carbons (Fsp3) is 0.455. The molecule has 2 rings (SSSR count). The lowest BCUT2D eigenvalue weighted by Gasteiger charge is -2.15. The first kappa shape index (κ1) is 10.3. The van der Waals surface area contributed by atoms with E-state index in [4.69, 9.17) is 5.73 Å². The van der Waals surface area contributed by atoms with E-state index in [-0.39, 0.29) is 11.9 Å². The minimum absolute atomic E-state index is 0.229. The number of hydrogen-bond donors (Lipinski definition) is 3. The molecular weight excluding hydrogens is 192 g/mol. The molecule has 0 amide bonds. The van der Waals surface area contributed by atoms with Crippen LogP contribution in [0.4, 0.5) is 5.69 Å². The summed E-state index contributed by atoms with van der Waals surface area (Å²) in [6.45, 7) is 2.19. The number of nitrogens with two attached hydrogens (primary N) is 1. The first-order chi connectivity index (χ1) is 7.15. The molecule has 1 aromatic carbocycles. The Labute approximate surface area is 88.9 Å². The molecule has 0 spiro atoms. The normalized spacial score (nSPS) is 22.1. The maximum Gasteiger partial charge on any atom is 0.120 e. The summed E-state index contributed by atoms with van der Waals surface area (Å²) >= 11 is 0. The highest BCUT2D eigenvalue weighted by Gasteiger charge is 2.20. The van der Waals surface area contributed by atoms with Gasteiger partial charge < -0.3 is 15.9 Å². The predicted octanol–water partition coefficient (Wildman–Crippen LogP) is 0.541. The first-order valence-corrected chi connectivity index (χ1v) is 5.13. The molecule has 1 saturated heterocycles. The minimum atomic E-state index is -0.229. The van der Waals surface area contributed by atoms with Gasteiger partial charge in [0, 0.05) is 30.9 Å². The van der Waals surface area contributed by atoms with Gasteiger partial charge in [0.05, 0.1) is 6.10 Å². The number of aliphatic hydroxyl groups is 1.